The fourth-order valence-corrected chi connectivity index (χ4v) is 1.39. The number of halogens is 1. The highest BCUT2D eigenvalue weighted by atomic mass is 79.9. The Bertz CT molecular complexity index is 210. The number of rotatable bonds is 4. The zero-order chi connectivity index (χ0) is 8.97. The zero-order valence-electron chi connectivity index (χ0n) is 6.48. The molecule has 0 saturated heterocycles. The predicted octanol–water partition coefficient (Wildman–Crippen LogP) is 1.46. The lowest BCUT2D eigenvalue weighted by Gasteiger charge is -2.13. The molecule has 2 atom stereocenters. The summed E-state index contributed by atoms with van der Waals surface area (Å²) in [7, 11) is 0. The molecule has 0 aromatic carbocycles. The third-order valence-electron chi connectivity index (χ3n) is 1.60. The summed E-state index contributed by atoms with van der Waals surface area (Å²) in [5, 5.41) is 19.5. The molecular weight excluding hydrogens is 224 g/mol. The second-order valence-electron chi connectivity index (χ2n) is 2.51. The number of alkyl halides is 1. The molecule has 3 nitrogen and oxygen atoms in total. The van der Waals surface area contributed by atoms with Gasteiger partial charge in [0.05, 0.1) is 12.4 Å². The molecule has 4 heteroatoms. The van der Waals surface area contributed by atoms with Crippen molar-refractivity contribution in [2.75, 3.05) is 5.33 Å². The van der Waals surface area contributed by atoms with Crippen LogP contribution >= 0.6 is 15.9 Å². The summed E-state index contributed by atoms with van der Waals surface area (Å²) < 4.78 is 4.94. The Labute approximate surface area is 79.1 Å². The first-order valence-corrected chi connectivity index (χ1v) is 4.83. The standard InChI is InChI=1S/C8H11BrO3/c9-4-3-6(10)8(11)7-2-1-5-12-7/h1-2,5-6,8,10-11H,3-4H2/t6-,8+/m1/s1. The SMILES string of the molecule is O[C@H](CCBr)[C@H](O)c1ccco1. The first kappa shape index (κ1) is 9.77. The van der Waals surface area contributed by atoms with Gasteiger partial charge in [-0.15, -0.1) is 0 Å². The quantitative estimate of drug-likeness (QED) is 0.776. The molecule has 0 aliphatic carbocycles. The zero-order valence-corrected chi connectivity index (χ0v) is 8.07. The van der Waals surface area contributed by atoms with Gasteiger partial charge in [-0.25, -0.2) is 0 Å². The van der Waals surface area contributed by atoms with Crippen LogP contribution in [0, 0.1) is 0 Å². The Kier molecular flexibility index (Phi) is 3.78. The Hall–Kier alpha value is -0.320. The first-order chi connectivity index (χ1) is 5.75. The van der Waals surface area contributed by atoms with Gasteiger partial charge < -0.3 is 14.6 Å². The number of aliphatic hydroxyl groups is 2. The molecule has 1 aromatic rings. The average molecular weight is 235 g/mol. The molecular formula is C8H11BrO3. The van der Waals surface area contributed by atoms with Gasteiger partial charge in [0, 0.05) is 5.33 Å². The van der Waals surface area contributed by atoms with Crippen molar-refractivity contribution in [3.05, 3.63) is 24.2 Å². The van der Waals surface area contributed by atoms with Crippen LogP contribution in [0.15, 0.2) is 22.8 Å². The van der Waals surface area contributed by atoms with E-state index < -0.39 is 12.2 Å². The monoisotopic (exact) mass is 234 g/mol. The van der Waals surface area contributed by atoms with Crippen molar-refractivity contribution in [1.29, 1.82) is 0 Å². The van der Waals surface area contributed by atoms with E-state index in [1.807, 2.05) is 0 Å². The van der Waals surface area contributed by atoms with Crippen LogP contribution in [-0.2, 0) is 0 Å². The Balaban J connectivity index is 2.53. The van der Waals surface area contributed by atoms with Crippen molar-refractivity contribution >= 4 is 15.9 Å². The summed E-state index contributed by atoms with van der Waals surface area (Å²) in [5.74, 6) is 0.406. The van der Waals surface area contributed by atoms with E-state index in [-0.39, 0.29) is 0 Å². The van der Waals surface area contributed by atoms with Crippen LogP contribution in [0.1, 0.15) is 18.3 Å². The molecule has 68 valence electrons. The molecule has 1 rings (SSSR count). The maximum Gasteiger partial charge on any atom is 0.137 e. The van der Waals surface area contributed by atoms with Crippen molar-refractivity contribution in [1.82, 2.24) is 0 Å². The van der Waals surface area contributed by atoms with Crippen LogP contribution in [-0.4, -0.2) is 21.6 Å². The van der Waals surface area contributed by atoms with Gasteiger partial charge in [-0.2, -0.15) is 0 Å². The van der Waals surface area contributed by atoms with Gasteiger partial charge in [0.15, 0.2) is 0 Å². The Morgan fingerprint density at radius 2 is 2.25 bits per heavy atom. The van der Waals surface area contributed by atoms with E-state index in [2.05, 4.69) is 15.9 Å². The van der Waals surface area contributed by atoms with E-state index in [0.717, 1.165) is 0 Å². The van der Waals surface area contributed by atoms with E-state index in [1.165, 1.54) is 6.26 Å². The Morgan fingerprint density at radius 1 is 1.50 bits per heavy atom. The van der Waals surface area contributed by atoms with Crippen LogP contribution in [0.4, 0.5) is 0 Å². The summed E-state index contributed by atoms with van der Waals surface area (Å²) in [5.41, 5.74) is 0. The molecule has 0 spiro atoms. The molecule has 2 N–H and O–H groups in total. The van der Waals surface area contributed by atoms with Crippen LogP contribution in [0.25, 0.3) is 0 Å². The third-order valence-corrected chi connectivity index (χ3v) is 2.06. The van der Waals surface area contributed by atoms with Crippen LogP contribution in [0.3, 0.4) is 0 Å². The van der Waals surface area contributed by atoms with Gasteiger partial charge in [0.25, 0.3) is 0 Å². The van der Waals surface area contributed by atoms with Crippen molar-refractivity contribution < 1.29 is 14.6 Å². The van der Waals surface area contributed by atoms with Crippen molar-refractivity contribution in [3.63, 3.8) is 0 Å². The van der Waals surface area contributed by atoms with E-state index in [1.54, 1.807) is 12.1 Å². The number of furan rings is 1. The number of hydrogen-bond acceptors (Lipinski definition) is 3. The average Bonchev–Trinajstić information content (AvgIpc) is 2.55. The molecule has 0 fully saturated rings. The highest BCUT2D eigenvalue weighted by molar-refractivity contribution is 9.09. The van der Waals surface area contributed by atoms with E-state index in [0.29, 0.717) is 17.5 Å². The van der Waals surface area contributed by atoms with Gasteiger partial charge >= 0.3 is 0 Å². The molecule has 1 aromatic heterocycles. The molecule has 0 saturated carbocycles. The second-order valence-corrected chi connectivity index (χ2v) is 3.30. The highest BCUT2D eigenvalue weighted by Crippen LogP contribution is 2.19. The van der Waals surface area contributed by atoms with Crippen LogP contribution in [0.5, 0.6) is 0 Å². The van der Waals surface area contributed by atoms with Gasteiger partial charge in [0.1, 0.15) is 11.9 Å². The van der Waals surface area contributed by atoms with Crippen molar-refractivity contribution in [2.45, 2.75) is 18.6 Å². The summed E-state index contributed by atoms with van der Waals surface area (Å²) in [6.07, 6.45) is 0.287. The fourth-order valence-electron chi connectivity index (χ4n) is 0.919. The molecule has 0 radical (unpaired) electrons. The van der Waals surface area contributed by atoms with E-state index >= 15 is 0 Å². The van der Waals surface area contributed by atoms with E-state index in [4.69, 9.17) is 4.42 Å². The second kappa shape index (κ2) is 4.64. The van der Waals surface area contributed by atoms with Gasteiger partial charge in [-0.1, -0.05) is 15.9 Å². The Morgan fingerprint density at radius 3 is 2.75 bits per heavy atom. The van der Waals surface area contributed by atoms with Crippen LogP contribution in [0.2, 0.25) is 0 Å². The smallest absolute Gasteiger partial charge is 0.137 e. The van der Waals surface area contributed by atoms with Gasteiger partial charge in [-0.3, -0.25) is 0 Å². The lowest BCUT2D eigenvalue weighted by molar-refractivity contribution is 0.00459. The molecule has 12 heavy (non-hydrogen) atoms. The molecule has 0 aliphatic rings. The molecule has 0 aliphatic heterocycles. The lowest BCUT2D eigenvalue weighted by atomic mass is 10.1. The molecule has 1 heterocycles. The molecule has 0 unspecified atom stereocenters. The number of aliphatic hydroxyl groups excluding tert-OH is 2. The molecule has 0 bridgehead atoms. The summed E-state index contributed by atoms with van der Waals surface area (Å²) in [6.45, 7) is 0. The third kappa shape index (κ3) is 2.33. The number of hydrogen-bond donors (Lipinski definition) is 2. The maximum atomic E-state index is 9.44. The van der Waals surface area contributed by atoms with Crippen molar-refractivity contribution in [2.24, 2.45) is 0 Å². The largest absolute Gasteiger partial charge is 0.466 e. The minimum Gasteiger partial charge on any atom is -0.466 e. The fraction of sp³-hybridized carbons (Fsp3) is 0.500. The van der Waals surface area contributed by atoms with Gasteiger partial charge in [0.2, 0.25) is 0 Å². The molecule has 0 amide bonds. The summed E-state index contributed by atoms with van der Waals surface area (Å²) in [4.78, 5) is 0. The predicted molar refractivity (Wildman–Crippen MR) is 48.1 cm³/mol. The summed E-state index contributed by atoms with van der Waals surface area (Å²) in [6, 6.07) is 3.32. The summed E-state index contributed by atoms with van der Waals surface area (Å²) >= 11 is 3.18. The highest BCUT2D eigenvalue weighted by Gasteiger charge is 2.19. The minimum absolute atomic E-state index is 0.406. The topological polar surface area (TPSA) is 53.6 Å². The van der Waals surface area contributed by atoms with Gasteiger partial charge in [-0.05, 0) is 18.6 Å². The normalized spacial score (nSPS) is 15.9. The first-order valence-electron chi connectivity index (χ1n) is 3.71. The minimum atomic E-state index is -0.919. The maximum absolute atomic E-state index is 9.44. The van der Waals surface area contributed by atoms with Crippen LogP contribution < -0.4 is 0 Å². The lowest BCUT2D eigenvalue weighted by Crippen LogP contribution is -2.17. The van der Waals surface area contributed by atoms with E-state index in [9.17, 15) is 10.2 Å². The van der Waals surface area contributed by atoms with Crippen molar-refractivity contribution in [3.8, 4) is 0 Å².